The highest BCUT2D eigenvalue weighted by atomic mass is 19.4. The first-order chi connectivity index (χ1) is 20.7. The molecule has 2 heterocycles. The molecule has 2 aromatic rings. The van der Waals surface area contributed by atoms with Gasteiger partial charge in [0.25, 0.3) is 17.7 Å². The fourth-order valence-electron chi connectivity index (χ4n) is 5.37. The summed E-state index contributed by atoms with van der Waals surface area (Å²) in [5.41, 5.74) is -2.18. The Hall–Kier alpha value is -4.18. The van der Waals surface area contributed by atoms with Crippen LogP contribution in [0.2, 0.25) is 0 Å². The molecule has 4 rings (SSSR count). The number of hydrogen-bond acceptors (Lipinski definition) is 5. The fourth-order valence-corrected chi connectivity index (χ4v) is 5.37. The minimum atomic E-state index is -4.82. The molecule has 0 aromatic heterocycles. The Bertz CT molecular complexity index is 1480. The van der Waals surface area contributed by atoms with E-state index in [1.165, 1.54) is 25.1 Å². The molecule has 0 spiro atoms. The number of unbranched alkanes of at least 4 members (excludes halogenated alkanes) is 3. The van der Waals surface area contributed by atoms with Crippen LogP contribution in [0.1, 0.15) is 66.1 Å². The number of rotatable bonds is 9. The summed E-state index contributed by atoms with van der Waals surface area (Å²) < 4.78 is 78.5. The lowest BCUT2D eigenvalue weighted by Gasteiger charge is -2.34. The molecule has 0 N–H and O–H groups in total. The number of carbonyl (C=O) groups is 3. The number of alkyl halides is 6. The van der Waals surface area contributed by atoms with E-state index < -0.39 is 40.9 Å². The van der Waals surface area contributed by atoms with E-state index in [9.17, 15) is 40.7 Å². The van der Waals surface area contributed by atoms with Gasteiger partial charge in [-0.1, -0.05) is 12.8 Å². The number of nitrogens with zero attached hydrogens (tertiary/aromatic N) is 4. The second-order valence-corrected chi connectivity index (χ2v) is 10.8. The van der Waals surface area contributed by atoms with Crippen molar-refractivity contribution in [3.8, 4) is 6.07 Å². The maximum atomic E-state index is 13.4. The average Bonchev–Trinajstić information content (AvgIpc) is 3.20. The quantitative estimate of drug-likeness (QED) is 0.190. The van der Waals surface area contributed by atoms with Crippen LogP contribution in [0.25, 0.3) is 0 Å². The molecule has 1 saturated heterocycles. The molecule has 13 heteroatoms. The van der Waals surface area contributed by atoms with Gasteiger partial charge in [0.1, 0.15) is 0 Å². The van der Waals surface area contributed by atoms with Gasteiger partial charge in [-0.3, -0.25) is 19.3 Å². The van der Waals surface area contributed by atoms with Gasteiger partial charge in [0.05, 0.1) is 28.4 Å². The van der Waals surface area contributed by atoms with Gasteiger partial charge in [-0.05, 0) is 75.2 Å². The Morgan fingerprint density at radius 3 is 2.07 bits per heavy atom. The van der Waals surface area contributed by atoms with E-state index in [4.69, 9.17) is 5.26 Å². The first kappa shape index (κ1) is 32.7. The summed E-state index contributed by atoms with van der Waals surface area (Å²) in [6.45, 7) is 4.46. The maximum absolute atomic E-state index is 13.4. The third-order valence-corrected chi connectivity index (χ3v) is 7.89. The van der Waals surface area contributed by atoms with E-state index in [1.807, 2.05) is 0 Å². The van der Waals surface area contributed by atoms with Crippen LogP contribution in [-0.4, -0.2) is 60.2 Å². The summed E-state index contributed by atoms with van der Waals surface area (Å²) >= 11 is 0. The minimum absolute atomic E-state index is 0.191. The molecule has 0 atom stereocenters. The first-order valence-corrected chi connectivity index (χ1v) is 14.1. The standard InChI is InChI=1S/C31H30F6N4O3/c1-20-25(29(44)41(27(20)42)24-12-9-22(19-38)26(18-24)31(35,36)37)6-4-2-3-5-13-39-14-16-40(17-15-39)28(43)21-7-10-23(11-8-21)30(32,33)34/h7-12,18H,2-6,13-17H2,1H3. The summed E-state index contributed by atoms with van der Waals surface area (Å²) in [6, 6.07) is 8.42. The molecule has 0 saturated carbocycles. The molecular formula is C31H30F6N4O3. The molecule has 0 bridgehead atoms. The summed E-state index contributed by atoms with van der Waals surface area (Å²) in [7, 11) is 0. The Morgan fingerprint density at radius 1 is 0.841 bits per heavy atom. The van der Waals surface area contributed by atoms with Crippen molar-refractivity contribution in [3.63, 3.8) is 0 Å². The van der Waals surface area contributed by atoms with Crippen LogP contribution in [-0.2, 0) is 21.9 Å². The molecule has 2 aromatic carbocycles. The number of halogens is 6. The van der Waals surface area contributed by atoms with Crippen molar-refractivity contribution in [2.45, 2.75) is 51.4 Å². The number of hydrogen-bond donors (Lipinski definition) is 0. The van der Waals surface area contributed by atoms with Crippen LogP contribution in [0.15, 0.2) is 53.6 Å². The number of amides is 3. The molecule has 2 aliphatic rings. The van der Waals surface area contributed by atoms with E-state index in [-0.39, 0.29) is 28.3 Å². The van der Waals surface area contributed by atoms with Crippen molar-refractivity contribution in [2.24, 2.45) is 0 Å². The van der Waals surface area contributed by atoms with Crippen molar-refractivity contribution >= 4 is 23.4 Å². The first-order valence-electron chi connectivity index (χ1n) is 14.1. The summed E-state index contributed by atoms with van der Waals surface area (Å²) in [6.07, 6.45) is -5.91. The average molecular weight is 621 g/mol. The Labute approximate surface area is 250 Å². The molecule has 0 aliphatic carbocycles. The van der Waals surface area contributed by atoms with Crippen molar-refractivity contribution in [3.05, 3.63) is 75.9 Å². The molecule has 0 radical (unpaired) electrons. The number of nitriles is 1. The summed E-state index contributed by atoms with van der Waals surface area (Å²) in [5.74, 6) is -1.64. The predicted molar refractivity (Wildman–Crippen MR) is 148 cm³/mol. The predicted octanol–water partition coefficient (Wildman–Crippen LogP) is 6.19. The van der Waals surface area contributed by atoms with Gasteiger partial charge in [-0.2, -0.15) is 31.6 Å². The zero-order valence-electron chi connectivity index (χ0n) is 23.9. The topological polar surface area (TPSA) is 84.7 Å². The van der Waals surface area contributed by atoms with Crippen molar-refractivity contribution in [1.82, 2.24) is 9.80 Å². The smallest absolute Gasteiger partial charge is 0.336 e. The van der Waals surface area contributed by atoms with Crippen LogP contribution in [0.3, 0.4) is 0 Å². The van der Waals surface area contributed by atoms with Gasteiger partial charge in [0, 0.05) is 42.9 Å². The lowest BCUT2D eigenvalue weighted by molar-refractivity contribution is -0.138. The Balaban J connectivity index is 1.19. The van der Waals surface area contributed by atoms with Gasteiger partial charge in [-0.25, -0.2) is 4.90 Å². The highest BCUT2D eigenvalue weighted by Gasteiger charge is 2.39. The zero-order valence-corrected chi connectivity index (χ0v) is 23.9. The Kier molecular flexibility index (Phi) is 9.83. The number of imide groups is 1. The number of anilines is 1. The second-order valence-electron chi connectivity index (χ2n) is 10.8. The van der Waals surface area contributed by atoms with E-state index in [1.54, 1.807) is 4.90 Å². The zero-order chi connectivity index (χ0) is 32.2. The molecule has 0 unspecified atom stereocenters. The third-order valence-electron chi connectivity index (χ3n) is 7.89. The van der Waals surface area contributed by atoms with Gasteiger partial charge in [-0.15, -0.1) is 0 Å². The van der Waals surface area contributed by atoms with E-state index in [0.29, 0.717) is 45.1 Å². The molecule has 44 heavy (non-hydrogen) atoms. The van der Waals surface area contributed by atoms with Gasteiger partial charge < -0.3 is 4.90 Å². The van der Waals surface area contributed by atoms with Crippen molar-refractivity contribution in [1.29, 1.82) is 5.26 Å². The lowest BCUT2D eigenvalue weighted by atomic mass is 10.0. The van der Waals surface area contributed by atoms with E-state index >= 15 is 0 Å². The van der Waals surface area contributed by atoms with Crippen molar-refractivity contribution < 1.29 is 40.7 Å². The SMILES string of the molecule is CC1=C(CCCCCCN2CCN(C(=O)c3ccc(C(F)(F)F)cc3)CC2)C(=O)N(c2ccc(C#N)c(C(F)(F)F)c2)C1=O. The fraction of sp³-hybridized carbons (Fsp3) is 0.419. The number of piperazine rings is 1. The highest BCUT2D eigenvalue weighted by Crippen LogP contribution is 2.37. The number of benzene rings is 2. The third kappa shape index (κ3) is 7.30. The van der Waals surface area contributed by atoms with Crippen LogP contribution in [0, 0.1) is 11.3 Å². The van der Waals surface area contributed by atoms with Gasteiger partial charge in [0.2, 0.25) is 0 Å². The molecule has 1 fully saturated rings. The Morgan fingerprint density at radius 2 is 1.48 bits per heavy atom. The number of carbonyl (C=O) groups excluding carboxylic acids is 3. The highest BCUT2D eigenvalue weighted by molar-refractivity contribution is 6.32. The molecular weight excluding hydrogens is 590 g/mol. The van der Waals surface area contributed by atoms with Crippen molar-refractivity contribution in [2.75, 3.05) is 37.6 Å². The summed E-state index contributed by atoms with van der Waals surface area (Å²) in [4.78, 5) is 43.0. The van der Waals surface area contributed by atoms with Crippen LogP contribution >= 0.6 is 0 Å². The normalized spacial score (nSPS) is 16.6. The lowest BCUT2D eigenvalue weighted by Crippen LogP contribution is -2.48. The largest absolute Gasteiger partial charge is 0.417 e. The maximum Gasteiger partial charge on any atom is 0.417 e. The molecule has 7 nitrogen and oxygen atoms in total. The second kappa shape index (κ2) is 13.2. The summed E-state index contributed by atoms with van der Waals surface area (Å²) in [5, 5.41) is 9.01. The van der Waals surface area contributed by atoms with Gasteiger partial charge in [0.15, 0.2) is 0 Å². The monoisotopic (exact) mass is 620 g/mol. The van der Waals surface area contributed by atoms with E-state index in [2.05, 4.69) is 4.90 Å². The van der Waals surface area contributed by atoms with Crippen LogP contribution < -0.4 is 4.90 Å². The molecule has 2 aliphatic heterocycles. The molecule has 234 valence electrons. The minimum Gasteiger partial charge on any atom is -0.336 e. The van der Waals surface area contributed by atoms with E-state index in [0.717, 1.165) is 55.0 Å². The van der Waals surface area contributed by atoms with Gasteiger partial charge >= 0.3 is 12.4 Å². The van der Waals surface area contributed by atoms with Crippen LogP contribution in [0.5, 0.6) is 0 Å². The molecule has 3 amide bonds. The van der Waals surface area contributed by atoms with Crippen LogP contribution in [0.4, 0.5) is 32.0 Å².